The minimum Gasteiger partial charge on any atom is -0.403 e. The molecule has 0 atom stereocenters. The van der Waals surface area contributed by atoms with Crippen LogP contribution in [0.3, 0.4) is 0 Å². The average Bonchev–Trinajstić information content (AvgIpc) is 3.32. The molecule has 0 amide bonds. The van der Waals surface area contributed by atoms with Gasteiger partial charge >= 0.3 is 6.01 Å². The average molecular weight is 474 g/mol. The third kappa shape index (κ3) is 5.88. The zero-order valence-corrected chi connectivity index (χ0v) is 19.3. The number of benzene rings is 2. The second kappa shape index (κ2) is 11.4. The molecular weight excluding hydrogens is 443 g/mol. The highest BCUT2D eigenvalue weighted by atomic mass is 19.2. The van der Waals surface area contributed by atoms with E-state index in [0.717, 1.165) is 24.6 Å². The molecule has 1 fully saturated rings. The largest absolute Gasteiger partial charge is 0.403 e. The van der Waals surface area contributed by atoms with Crippen molar-refractivity contribution in [2.75, 3.05) is 23.7 Å². The summed E-state index contributed by atoms with van der Waals surface area (Å²) in [6.07, 6.45) is 7.91. The molecule has 9 heteroatoms. The molecule has 34 heavy (non-hydrogen) atoms. The third-order valence-corrected chi connectivity index (χ3v) is 6.12. The molecule has 3 aromatic rings. The van der Waals surface area contributed by atoms with Gasteiger partial charge in [0, 0.05) is 12.6 Å². The van der Waals surface area contributed by atoms with Gasteiger partial charge in [0.25, 0.3) is 5.89 Å². The van der Waals surface area contributed by atoms with Crippen LogP contribution in [0.1, 0.15) is 51.0 Å². The normalized spacial score (nSPS) is 14.4. The SMILES string of the molecule is CCc1ccc(Nc2c(-c3nnc(NCCCNC4CCCCC4)o3)ccc(F)c2F)c(F)c1. The van der Waals surface area contributed by atoms with Crippen LogP contribution in [0.15, 0.2) is 34.7 Å². The van der Waals surface area contributed by atoms with E-state index in [0.29, 0.717) is 19.0 Å². The molecule has 2 aromatic carbocycles. The number of aromatic nitrogens is 2. The lowest BCUT2D eigenvalue weighted by Gasteiger charge is -2.22. The minimum atomic E-state index is -1.15. The van der Waals surface area contributed by atoms with Gasteiger partial charge in [-0.1, -0.05) is 37.4 Å². The van der Waals surface area contributed by atoms with Crippen molar-refractivity contribution < 1.29 is 17.6 Å². The Morgan fingerprint density at radius 1 is 0.971 bits per heavy atom. The lowest BCUT2D eigenvalue weighted by molar-refractivity contribution is 0.373. The Morgan fingerprint density at radius 3 is 2.56 bits per heavy atom. The number of anilines is 3. The molecule has 1 aliphatic carbocycles. The number of nitrogens with one attached hydrogen (secondary N) is 3. The highest BCUT2D eigenvalue weighted by Crippen LogP contribution is 2.34. The molecule has 3 N–H and O–H groups in total. The van der Waals surface area contributed by atoms with Gasteiger partial charge in [-0.2, -0.15) is 0 Å². The maximum Gasteiger partial charge on any atom is 0.315 e. The van der Waals surface area contributed by atoms with Gasteiger partial charge in [-0.3, -0.25) is 0 Å². The van der Waals surface area contributed by atoms with Crippen LogP contribution in [-0.4, -0.2) is 29.3 Å². The second-order valence-electron chi connectivity index (χ2n) is 8.56. The van der Waals surface area contributed by atoms with Gasteiger partial charge in [0.15, 0.2) is 11.6 Å². The topological polar surface area (TPSA) is 75.0 Å². The number of hydrogen-bond acceptors (Lipinski definition) is 6. The van der Waals surface area contributed by atoms with E-state index in [2.05, 4.69) is 26.1 Å². The van der Waals surface area contributed by atoms with E-state index < -0.39 is 17.5 Å². The molecule has 1 heterocycles. The molecule has 0 bridgehead atoms. The quantitative estimate of drug-likeness (QED) is 0.305. The minimum absolute atomic E-state index is 0.00480. The van der Waals surface area contributed by atoms with Crippen LogP contribution in [0.5, 0.6) is 0 Å². The van der Waals surface area contributed by atoms with E-state index in [1.807, 2.05) is 6.92 Å². The van der Waals surface area contributed by atoms with Crippen LogP contribution in [0, 0.1) is 17.5 Å². The summed E-state index contributed by atoms with van der Waals surface area (Å²) in [7, 11) is 0. The van der Waals surface area contributed by atoms with Crippen LogP contribution in [0.2, 0.25) is 0 Å². The number of hydrogen-bond donors (Lipinski definition) is 3. The van der Waals surface area contributed by atoms with Gasteiger partial charge in [-0.25, -0.2) is 13.2 Å². The fraction of sp³-hybridized carbons (Fsp3) is 0.440. The third-order valence-electron chi connectivity index (χ3n) is 6.12. The fourth-order valence-electron chi connectivity index (χ4n) is 4.17. The molecule has 4 rings (SSSR count). The molecular formula is C25H30F3N5O. The number of halogens is 3. The summed E-state index contributed by atoms with van der Waals surface area (Å²) in [4.78, 5) is 0. The molecule has 0 saturated heterocycles. The Bertz CT molecular complexity index is 1100. The smallest absolute Gasteiger partial charge is 0.315 e. The Balaban J connectivity index is 1.41. The Kier molecular flexibility index (Phi) is 8.05. The first kappa shape index (κ1) is 24.1. The molecule has 0 aliphatic heterocycles. The van der Waals surface area contributed by atoms with Crippen molar-refractivity contribution in [1.82, 2.24) is 15.5 Å². The first-order valence-corrected chi connectivity index (χ1v) is 11.9. The van der Waals surface area contributed by atoms with Crippen molar-refractivity contribution in [1.29, 1.82) is 0 Å². The molecule has 1 saturated carbocycles. The van der Waals surface area contributed by atoms with E-state index in [1.165, 1.54) is 50.3 Å². The van der Waals surface area contributed by atoms with Crippen LogP contribution < -0.4 is 16.0 Å². The van der Waals surface area contributed by atoms with Crippen molar-refractivity contribution in [3.8, 4) is 11.5 Å². The number of nitrogens with zero attached hydrogens (tertiary/aromatic N) is 2. The van der Waals surface area contributed by atoms with Gasteiger partial charge in [-0.15, -0.1) is 5.10 Å². The Hall–Kier alpha value is -3.07. The van der Waals surface area contributed by atoms with E-state index >= 15 is 0 Å². The monoisotopic (exact) mass is 473 g/mol. The summed E-state index contributed by atoms with van der Waals surface area (Å²) in [5.74, 6) is -2.79. The predicted octanol–water partition coefficient (Wildman–Crippen LogP) is 6.18. The summed E-state index contributed by atoms with van der Waals surface area (Å²) in [6, 6.07) is 7.65. The summed E-state index contributed by atoms with van der Waals surface area (Å²) in [5.41, 5.74) is 0.684. The predicted molar refractivity (Wildman–Crippen MR) is 127 cm³/mol. The Labute approximate surface area is 197 Å². The van der Waals surface area contributed by atoms with Crippen LogP contribution in [-0.2, 0) is 6.42 Å². The van der Waals surface area contributed by atoms with Crippen molar-refractivity contribution in [3.63, 3.8) is 0 Å². The highest BCUT2D eigenvalue weighted by Gasteiger charge is 2.21. The number of aryl methyl sites for hydroxylation is 1. The van der Waals surface area contributed by atoms with E-state index in [4.69, 9.17) is 4.42 Å². The van der Waals surface area contributed by atoms with E-state index in [1.54, 1.807) is 6.07 Å². The van der Waals surface area contributed by atoms with Crippen LogP contribution in [0.4, 0.5) is 30.6 Å². The first-order chi connectivity index (χ1) is 16.5. The van der Waals surface area contributed by atoms with Crippen LogP contribution in [0.25, 0.3) is 11.5 Å². The zero-order chi connectivity index (χ0) is 23.9. The fourth-order valence-corrected chi connectivity index (χ4v) is 4.17. The van der Waals surface area contributed by atoms with Crippen molar-refractivity contribution in [2.24, 2.45) is 0 Å². The van der Waals surface area contributed by atoms with Crippen molar-refractivity contribution in [3.05, 3.63) is 53.3 Å². The van der Waals surface area contributed by atoms with Gasteiger partial charge < -0.3 is 20.4 Å². The first-order valence-electron chi connectivity index (χ1n) is 11.9. The number of rotatable bonds is 10. The summed E-state index contributed by atoms with van der Waals surface area (Å²) in [5, 5.41) is 17.2. The standard InChI is InChI=1S/C25H30F3N5O/c1-2-16-9-12-21(20(27)15-16)31-23-18(10-11-19(26)22(23)28)24-32-33-25(34-24)30-14-6-13-29-17-7-4-3-5-8-17/h9-12,15,17,29,31H,2-8,13-14H2,1H3,(H,30,33). The van der Waals surface area contributed by atoms with Gasteiger partial charge in [-0.05, 0) is 62.1 Å². The Morgan fingerprint density at radius 2 is 1.79 bits per heavy atom. The lowest BCUT2D eigenvalue weighted by Crippen LogP contribution is -2.32. The molecule has 1 aromatic heterocycles. The van der Waals surface area contributed by atoms with Crippen LogP contribution >= 0.6 is 0 Å². The molecule has 0 radical (unpaired) electrons. The summed E-state index contributed by atoms with van der Waals surface area (Å²) in [6.45, 7) is 3.41. The lowest BCUT2D eigenvalue weighted by atomic mass is 9.95. The van der Waals surface area contributed by atoms with Crippen molar-refractivity contribution in [2.45, 2.75) is 57.9 Å². The van der Waals surface area contributed by atoms with E-state index in [-0.39, 0.29) is 28.8 Å². The van der Waals surface area contributed by atoms with Gasteiger partial charge in [0.1, 0.15) is 5.82 Å². The van der Waals surface area contributed by atoms with E-state index in [9.17, 15) is 13.2 Å². The highest BCUT2D eigenvalue weighted by molar-refractivity contribution is 5.78. The molecule has 0 spiro atoms. The zero-order valence-electron chi connectivity index (χ0n) is 19.3. The maximum absolute atomic E-state index is 14.7. The molecule has 6 nitrogen and oxygen atoms in total. The second-order valence-corrected chi connectivity index (χ2v) is 8.56. The molecule has 182 valence electrons. The summed E-state index contributed by atoms with van der Waals surface area (Å²) < 4.78 is 48.8. The molecule has 0 unspecified atom stereocenters. The summed E-state index contributed by atoms with van der Waals surface area (Å²) >= 11 is 0. The maximum atomic E-state index is 14.7. The van der Waals surface area contributed by atoms with Crippen molar-refractivity contribution >= 4 is 17.4 Å². The molecule has 1 aliphatic rings. The van der Waals surface area contributed by atoms with Gasteiger partial charge in [0.2, 0.25) is 0 Å². The van der Waals surface area contributed by atoms with Gasteiger partial charge in [0.05, 0.1) is 16.9 Å².